The Balaban J connectivity index is 3.43. The summed E-state index contributed by atoms with van der Waals surface area (Å²) in [5.74, 6) is 0. The molecule has 1 nitrogen and oxygen atoms in total. The van der Waals surface area contributed by atoms with Gasteiger partial charge in [-0.25, -0.2) is 0 Å². The maximum Gasteiger partial charge on any atom is 0.0441 e. The molecule has 0 aromatic carbocycles. The molecule has 0 saturated carbocycles. The fourth-order valence-electron chi connectivity index (χ4n) is 0.931. The van der Waals surface area contributed by atoms with Gasteiger partial charge in [0, 0.05) is 11.9 Å². The third-order valence-electron chi connectivity index (χ3n) is 1.68. The third-order valence-corrected chi connectivity index (χ3v) is 2.82. The molecule has 0 bridgehead atoms. The van der Waals surface area contributed by atoms with E-state index < -0.39 is 0 Å². The molecule has 0 amide bonds. The smallest absolute Gasteiger partial charge is 0.0441 e. The van der Waals surface area contributed by atoms with Crippen LogP contribution in [0.2, 0.25) is 0 Å². The molecule has 1 atom stereocenters. The van der Waals surface area contributed by atoms with Crippen molar-refractivity contribution in [2.24, 2.45) is 0 Å². The maximum atomic E-state index is 8.70. The van der Waals surface area contributed by atoms with Crippen molar-refractivity contribution in [3.63, 3.8) is 0 Å². The first-order valence-corrected chi connectivity index (χ1v) is 5.27. The molecule has 0 fully saturated rings. The highest BCUT2D eigenvalue weighted by atomic mass is 32.2. The second-order valence-corrected chi connectivity index (χ2v) is 4.00. The van der Waals surface area contributed by atoms with E-state index in [2.05, 4.69) is 19.8 Å². The van der Waals surface area contributed by atoms with Crippen LogP contribution in [0.3, 0.4) is 0 Å². The minimum atomic E-state index is 0.307. The van der Waals surface area contributed by atoms with Gasteiger partial charge in [-0.3, -0.25) is 0 Å². The zero-order valence-corrected chi connectivity index (χ0v) is 8.28. The van der Waals surface area contributed by atoms with Gasteiger partial charge in [0.05, 0.1) is 0 Å². The van der Waals surface area contributed by atoms with Gasteiger partial charge in [0.2, 0.25) is 0 Å². The molecule has 0 aromatic heterocycles. The number of hydrogen-bond acceptors (Lipinski definition) is 2. The van der Waals surface area contributed by atoms with Crippen molar-refractivity contribution >= 4 is 11.8 Å². The van der Waals surface area contributed by atoms with Crippen molar-refractivity contribution in [2.75, 3.05) is 12.9 Å². The molecule has 1 unspecified atom stereocenters. The lowest BCUT2D eigenvalue weighted by Crippen LogP contribution is -2.04. The summed E-state index contributed by atoms with van der Waals surface area (Å²) in [6, 6.07) is 0. The van der Waals surface area contributed by atoms with E-state index in [1.807, 2.05) is 11.8 Å². The van der Waals surface area contributed by atoms with Crippen molar-refractivity contribution in [1.29, 1.82) is 0 Å². The molecule has 66 valence electrons. The Morgan fingerprint density at radius 2 is 2.18 bits per heavy atom. The normalized spacial score (nSPS) is 13.0. The van der Waals surface area contributed by atoms with E-state index in [9.17, 15) is 0 Å². The highest BCUT2D eigenvalue weighted by Gasteiger charge is 2.04. The summed E-state index contributed by atoms with van der Waals surface area (Å²) in [5, 5.41) is 9.31. The summed E-state index contributed by atoms with van der Waals surface area (Å²) in [5.41, 5.74) is 1.24. The molecule has 0 saturated heterocycles. The van der Waals surface area contributed by atoms with E-state index in [1.54, 1.807) is 0 Å². The molecule has 11 heavy (non-hydrogen) atoms. The van der Waals surface area contributed by atoms with Gasteiger partial charge in [-0.2, -0.15) is 11.8 Å². The molecule has 0 aromatic rings. The lowest BCUT2D eigenvalue weighted by molar-refractivity contribution is 0.285. The van der Waals surface area contributed by atoms with Crippen LogP contribution >= 0.6 is 11.8 Å². The van der Waals surface area contributed by atoms with Crippen LogP contribution in [0, 0.1) is 0 Å². The Morgan fingerprint density at radius 3 is 2.55 bits per heavy atom. The van der Waals surface area contributed by atoms with Crippen molar-refractivity contribution in [3.8, 4) is 0 Å². The SMILES string of the molecule is C=C(C)CCC(CCO)SC. The average molecular weight is 174 g/mol. The predicted octanol–water partition coefficient (Wildman–Crippen LogP) is 2.46. The monoisotopic (exact) mass is 174 g/mol. The van der Waals surface area contributed by atoms with Gasteiger partial charge in [0.1, 0.15) is 0 Å². The molecular formula is C9H18OS. The van der Waals surface area contributed by atoms with Gasteiger partial charge >= 0.3 is 0 Å². The van der Waals surface area contributed by atoms with Crippen molar-refractivity contribution in [1.82, 2.24) is 0 Å². The first-order chi connectivity index (χ1) is 5.20. The average Bonchev–Trinajstić information content (AvgIpc) is 1.97. The van der Waals surface area contributed by atoms with E-state index in [0.717, 1.165) is 19.3 Å². The van der Waals surface area contributed by atoms with Crippen LogP contribution in [-0.4, -0.2) is 23.2 Å². The summed E-state index contributed by atoms with van der Waals surface area (Å²) in [6.45, 7) is 6.21. The number of aliphatic hydroxyl groups excluding tert-OH is 1. The molecule has 0 aliphatic carbocycles. The van der Waals surface area contributed by atoms with Gasteiger partial charge in [-0.1, -0.05) is 5.57 Å². The maximum absolute atomic E-state index is 8.70. The van der Waals surface area contributed by atoms with Gasteiger partial charge in [-0.15, -0.1) is 6.58 Å². The van der Waals surface area contributed by atoms with Crippen molar-refractivity contribution < 1.29 is 5.11 Å². The summed E-state index contributed by atoms with van der Waals surface area (Å²) in [6.07, 6.45) is 5.25. The van der Waals surface area contributed by atoms with Gasteiger partial charge in [-0.05, 0) is 32.4 Å². The van der Waals surface area contributed by atoms with Gasteiger partial charge in [0.25, 0.3) is 0 Å². The van der Waals surface area contributed by atoms with E-state index in [-0.39, 0.29) is 0 Å². The van der Waals surface area contributed by atoms with Crippen LogP contribution in [-0.2, 0) is 0 Å². The van der Waals surface area contributed by atoms with Crippen LogP contribution < -0.4 is 0 Å². The molecule has 0 radical (unpaired) electrons. The highest BCUT2D eigenvalue weighted by Crippen LogP contribution is 2.18. The van der Waals surface area contributed by atoms with E-state index >= 15 is 0 Å². The van der Waals surface area contributed by atoms with E-state index in [0.29, 0.717) is 11.9 Å². The van der Waals surface area contributed by atoms with Gasteiger partial charge in [0.15, 0.2) is 0 Å². The zero-order chi connectivity index (χ0) is 8.69. The Labute approximate surface area is 73.9 Å². The molecule has 1 N–H and O–H groups in total. The van der Waals surface area contributed by atoms with Crippen LogP contribution in [0.15, 0.2) is 12.2 Å². The van der Waals surface area contributed by atoms with Crippen molar-refractivity contribution in [3.05, 3.63) is 12.2 Å². The van der Waals surface area contributed by atoms with Crippen LogP contribution in [0.5, 0.6) is 0 Å². The van der Waals surface area contributed by atoms with E-state index in [1.165, 1.54) is 5.57 Å². The Morgan fingerprint density at radius 1 is 1.55 bits per heavy atom. The minimum absolute atomic E-state index is 0.307. The molecular weight excluding hydrogens is 156 g/mol. The van der Waals surface area contributed by atoms with Crippen LogP contribution in [0.4, 0.5) is 0 Å². The Hall–Kier alpha value is 0.0500. The molecule has 2 heteroatoms. The molecule has 0 aliphatic heterocycles. The molecule has 0 spiro atoms. The quantitative estimate of drug-likeness (QED) is 0.624. The summed E-state index contributed by atoms with van der Waals surface area (Å²) in [4.78, 5) is 0. The fraction of sp³-hybridized carbons (Fsp3) is 0.778. The Kier molecular flexibility index (Phi) is 6.77. The second kappa shape index (κ2) is 6.74. The highest BCUT2D eigenvalue weighted by molar-refractivity contribution is 7.99. The summed E-state index contributed by atoms with van der Waals surface area (Å²) >= 11 is 1.84. The third kappa shape index (κ3) is 6.45. The molecule has 0 aliphatic rings. The summed E-state index contributed by atoms with van der Waals surface area (Å²) < 4.78 is 0. The summed E-state index contributed by atoms with van der Waals surface area (Å²) in [7, 11) is 0. The number of allylic oxidation sites excluding steroid dienone is 1. The topological polar surface area (TPSA) is 20.2 Å². The zero-order valence-electron chi connectivity index (χ0n) is 7.47. The number of thioether (sulfide) groups is 1. The first-order valence-electron chi connectivity index (χ1n) is 3.98. The number of rotatable bonds is 6. The standard InChI is InChI=1S/C9H18OS/c1-8(2)4-5-9(11-3)6-7-10/h9-10H,1,4-7H2,2-3H3. The number of aliphatic hydroxyl groups is 1. The Bertz CT molecular complexity index is 112. The number of hydrogen-bond donors (Lipinski definition) is 1. The lowest BCUT2D eigenvalue weighted by Gasteiger charge is -2.11. The first kappa shape index (κ1) is 11.1. The molecule has 0 heterocycles. The minimum Gasteiger partial charge on any atom is -0.396 e. The van der Waals surface area contributed by atoms with E-state index in [4.69, 9.17) is 5.11 Å². The van der Waals surface area contributed by atoms with Crippen molar-refractivity contribution in [2.45, 2.75) is 31.4 Å². The largest absolute Gasteiger partial charge is 0.396 e. The van der Waals surface area contributed by atoms with Gasteiger partial charge < -0.3 is 5.11 Å². The predicted molar refractivity (Wildman–Crippen MR) is 53.1 cm³/mol. The lowest BCUT2D eigenvalue weighted by atomic mass is 10.1. The van der Waals surface area contributed by atoms with Crippen LogP contribution in [0.1, 0.15) is 26.2 Å². The molecule has 0 rings (SSSR count). The fourth-order valence-corrected chi connectivity index (χ4v) is 1.63. The second-order valence-electron chi connectivity index (χ2n) is 2.87. The van der Waals surface area contributed by atoms with Crippen LogP contribution in [0.25, 0.3) is 0 Å².